The predicted octanol–water partition coefficient (Wildman–Crippen LogP) is 3.65. The molecule has 1 aromatic rings. The van der Waals surface area contributed by atoms with Crippen molar-refractivity contribution >= 4 is 5.97 Å². The second-order valence-corrected chi connectivity index (χ2v) is 4.56. The monoisotopic (exact) mass is 230 g/mol. The third kappa shape index (κ3) is 2.96. The van der Waals surface area contributed by atoms with Crippen molar-refractivity contribution in [1.82, 2.24) is 0 Å². The Morgan fingerprint density at radius 3 is 2.41 bits per heavy atom. The lowest BCUT2D eigenvalue weighted by molar-refractivity contribution is -0.143. The maximum Gasteiger partial charge on any atom is 0.313 e. The maximum atomic E-state index is 11.5. The van der Waals surface area contributed by atoms with Crippen LogP contribution < -0.4 is 0 Å². The molecule has 0 spiro atoms. The highest BCUT2D eigenvalue weighted by atomic mass is 16.5. The Morgan fingerprint density at radius 2 is 1.82 bits per heavy atom. The topological polar surface area (TPSA) is 26.3 Å². The first-order valence-corrected chi connectivity index (χ1v) is 6.17. The molecule has 1 aliphatic carbocycles. The molecule has 90 valence electrons. The summed E-state index contributed by atoms with van der Waals surface area (Å²) < 4.78 is 4.85. The van der Waals surface area contributed by atoms with Gasteiger partial charge >= 0.3 is 5.97 Å². The molecule has 0 radical (unpaired) electrons. The summed E-state index contributed by atoms with van der Waals surface area (Å²) >= 11 is 0. The Kier molecular flexibility index (Phi) is 3.97. The zero-order valence-corrected chi connectivity index (χ0v) is 9.97. The van der Waals surface area contributed by atoms with Crippen LogP contribution in [0.1, 0.15) is 37.2 Å². The zero-order valence-electron chi connectivity index (χ0n) is 9.97. The summed E-state index contributed by atoms with van der Waals surface area (Å²) in [6, 6.07) is 10.5. The lowest BCUT2D eigenvalue weighted by atomic mass is 9.79. The highest BCUT2D eigenvalue weighted by molar-refractivity contribution is 5.73. The molecule has 0 unspecified atom stereocenters. The normalized spacial score (nSPS) is 24.0. The second-order valence-electron chi connectivity index (χ2n) is 4.56. The summed E-state index contributed by atoms with van der Waals surface area (Å²) in [5.74, 6) is 0.545. The van der Waals surface area contributed by atoms with Gasteiger partial charge < -0.3 is 4.74 Å². The van der Waals surface area contributed by atoms with E-state index in [1.54, 1.807) is 0 Å². The highest BCUT2D eigenvalue weighted by Crippen LogP contribution is 2.36. The van der Waals surface area contributed by atoms with E-state index in [1.165, 1.54) is 11.8 Å². The lowest BCUT2D eigenvalue weighted by Crippen LogP contribution is -2.21. The van der Waals surface area contributed by atoms with Gasteiger partial charge in [0.05, 0.1) is 12.2 Å². The van der Waals surface area contributed by atoms with Gasteiger partial charge in [-0.25, -0.2) is 0 Å². The van der Waals surface area contributed by atoms with E-state index in [0.29, 0.717) is 5.92 Å². The van der Waals surface area contributed by atoms with E-state index in [2.05, 4.69) is 30.8 Å². The van der Waals surface area contributed by atoms with Gasteiger partial charge in [-0.3, -0.25) is 4.79 Å². The van der Waals surface area contributed by atoms with Crippen LogP contribution in [0.3, 0.4) is 0 Å². The largest absolute Gasteiger partial charge is 0.435 e. The van der Waals surface area contributed by atoms with Crippen LogP contribution in [0.25, 0.3) is 0 Å². The Balaban J connectivity index is 1.90. The molecule has 1 saturated carbocycles. The van der Waals surface area contributed by atoms with Crippen molar-refractivity contribution in [3.05, 3.63) is 48.7 Å². The number of ether oxygens (including phenoxy) is 1. The van der Waals surface area contributed by atoms with Crippen molar-refractivity contribution in [1.29, 1.82) is 0 Å². The van der Waals surface area contributed by atoms with E-state index in [0.717, 1.165) is 25.7 Å². The Hall–Kier alpha value is -1.57. The predicted molar refractivity (Wildman–Crippen MR) is 67.4 cm³/mol. The van der Waals surface area contributed by atoms with Crippen molar-refractivity contribution < 1.29 is 9.53 Å². The molecule has 0 bridgehead atoms. The molecular weight excluding hydrogens is 212 g/mol. The van der Waals surface area contributed by atoms with Crippen molar-refractivity contribution in [2.75, 3.05) is 0 Å². The summed E-state index contributed by atoms with van der Waals surface area (Å²) in [5.41, 5.74) is 1.39. The Bertz CT molecular complexity index is 375. The highest BCUT2D eigenvalue weighted by Gasteiger charge is 2.27. The van der Waals surface area contributed by atoms with Gasteiger partial charge in [0.15, 0.2) is 0 Å². The molecule has 0 saturated heterocycles. The quantitative estimate of drug-likeness (QED) is 0.585. The lowest BCUT2D eigenvalue weighted by Gasteiger charge is -2.27. The SMILES string of the molecule is C=COC(=O)C1CCC(c2ccccc2)CC1. The molecule has 0 atom stereocenters. The molecule has 0 amide bonds. The summed E-state index contributed by atoms with van der Waals surface area (Å²) in [4.78, 5) is 11.5. The number of rotatable bonds is 3. The van der Waals surface area contributed by atoms with Crippen LogP contribution in [-0.4, -0.2) is 5.97 Å². The molecule has 0 N–H and O–H groups in total. The van der Waals surface area contributed by atoms with E-state index in [9.17, 15) is 4.79 Å². The maximum absolute atomic E-state index is 11.5. The number of hydrogen-bond donors (Lipinski definition) is 0. The number of carbonyl (C=O) groups is 1. The van der Waals surface area contributed by atoms with Crippen LogP contribution in [0.5, 0.6) is 0 Å². The minimum absolute atomic E-state index is 0.0629. The van der Waals surface area contributed by atoms with Crippen LogP contribution in [0.4, 0.5) is 0 Å². The van der Waals surface area contributed by atoms with Crippen molar-refractivity contribution in [2.45, 2.75) is 31.6 Å². The first-order chi connectivity index (χ1) is 8.31. The van der Waals surface area contributed by atoms with Crippen LogP contribution in [0.2, 0.25) is 0 Å². The van der Waals surface area contributed by atoms with Gasteiger partial charge in [0, 0.05) is 0 Å². The van der Waals surface area contributed by atoms with Gasteiger partial charge in [0.1, 0.15) is 0 Å². The fourth-order valence-corrected chi connectivity index (χ4v) is 2.57. The third-order valence-electron chi connectivity index (χ3n) is 3.53. The molecule has 0 heterocycles. The van der Waals surface area contributed by atoms with Crippen molar-refractivity contribution in [3.8, 4) is 0 Å². The summed E-state index contributed by atoms with van der Waals surface area (Å²) in [5, 5.41) is 0. The van der Waals surface area contributed by atoms with Gasteiger partial charge in [-0.2, -0.15) is 0 Å². The molecule has 2 heteroatoms. The average molecular weight is 230 g/mol. The van der Waals surface area contributed by atoms with Crippen LogP contribution in [0.15, 0.2) is 43.2 Å². The van der Waals surface area contributed by atoms with Gasteiger partial charge in [0.25, 0.3) is 0 Å². The van der Waals surface area contributed by atoms with E-state index >= 15 is 0 Å². The molecule has 2 nitrogen and oxygen atoms in total. The minimum atomic E-state index is -0.119. The molecule has 17 heavy (non-hydrogen) atoms. The molecule has 0 aromatic heterocycles. The third-order valence-corrected chi connectivity index (χ3v) is 3.53. The van der Waals surface area contributed by atoms with E-state index in [-0.39, 0.29) is 11.9 Å². The van der Waals surface area contributed by atoms with E-state index in [1.807, 2.05) is 6.07 Å². The molecule has 0 aliphatic heterocycles. The van der Waals surface area contributed by atoms with Crippen molar-refractivity contribution in [2.24, 2.45) is 5.92 Å². The van der Waals surface area contributed by atoms with Crippen LogP contribution in [-0.2, 0) is 9.53 Å². The molecule has 1 aromatic carbocycles. The number of esters is 1. The number of hydrogen-bond acceptors (Lipinski definition) is 2. The zero-order chi connectivity index (χ0) is 12.1. The van der Waals surface area contributed by atoms with Gasteiger partial charge in [-0.1, -0.05) is 36.9 Å². The van der Waals surface area contributed by atoms with Gasteiger partial charge in [-0.05, 0) is 37.2 Å². The first-order valence-electron chi connectivity index (χ1n) is 6.17. The number of carbonyl (C=O) groups excluding carboxylic acids is 1. The average Bonchev–Trinajstić information content (AvgIpc) is 2.40. The molecular formula is C15H18O2. The summed E-state index contributed by atoms with van der Waals surface area (Å²) in [6.07, 6.45) is 5.21. The van der Waals surface area contributed by atoms with Crippen LogP contribution in [0, 0.1) is 5.92 Å². The Labute approximate surface area is 102 Å². The fourth-order valence-electron chi connectivity index (χ4n) is 2.57. The van der Waals surface area contributed by atoms with E-state index in [4.69, 9.17) is 4.74 Å². The second kappa shape index (κ2) is 5.67. The Morgan fingerprint density at radius 1 is 1.18 bits per heavy atom. The first kappa shape index (κ1) is 11.9. The smallest absolute Gasteiger partial charge is 0.313 e. The van der Waals surface area contributed by atoms with Gasteiger partial charge in [-0.15, -0.1) is 0 Å². The fraction of sp³-hybridized carbons (Fsp3) is 0.400. The van der Waals surface area contributed by atoms with E-state index < -0.39 is 0 Å². The minimum Gasteiger partial charge on any atom is -0.435 e. The van der Waals surface area contributed by atoms with Gasteiger partial charge in [0.2, 0.25) is 0 Å². The molecule has 2 rings (SSSR count). The standard InChI is InChI=1S/C15H18O2/c1-2-17-15(16)14-10-8-13(9-11-14)12-6-4-3-5-7-12/h2-7,13-14H,1,8-11H2. The molecule has 1 aliphatic rings. The summed E-state index contributed by atoms with van der Waals surface area (Å²) in [6.45, 7) is 3.41. The van der Waals surface area contributed by atoms with Crippen LogP contribution >= 0.6 is 0 Å². The summed E-state index contributed by atoms with van der Waals surface area (Å²) in [7, 11) is 0. The molecule has 1 fully saturated rings. The van der Waals surface area contributed by atoms with Crippen molar-refractivity contribution in [3.63, 3.8) is 0 Å². The number of benzene rings is 1.